The molecule has 25 heavy (non-hydrogen) atoms. The molecule has 0 aliphatic carbocycles. The molecule has 0 bridgehead atoms. The van der Waals surface area contributed by atoms with E-state index in [9.17, 15) is 9.59 Å². The molecule has 0 atom stereocenters. The van der Waals surface area contributed by atoms with Gasteiger partial charge in [-0.3, -0.25) is 9.59 Å². The maximum Gasteiger partial charge on any atom is 0.307 e. The van der Waals surface area contributed by atoms with Crippen LogP contribution in [-0.4, -0.2) is 36.5 Å². The SMILES string of the molecule is CCCCCN(CCC(=O)OCC)C(=O)/C=C/c1ccc(Cl)cc1Cl. The van der Waals surface area contributed by atoms with E-state index in [0.29, 0.717) is 29.7 Å². The predicted molar refractivity (Wildman–Crippen MR) is 103 cm³/mol. The highest BCUT2D eigenvalue weighted by Crippen LogP contribution is 2.22. The number of nitrogens with zero attached hydrogens (tertiary/aromatic N) is 1. The standard InChI is InChI=1S/C19H25Cl2NO3/c1-3-5-6-12-22(13-11-19(24)25-4-2)18(23)10-8-15-7-9-16(20)14-17(15)21/h7-10,14H,3-6,11-13H2,1-2H3/b10-8+. The summed E-state index contributed by atoms with van der Waals surface area (Å²) in [5.74, 6) is -0.438. The Morgan fingerprint density at radius 3 is 2.56 bits per heavy atom. The average Bonchev–Trinajstić information content (AvgIpc) is 2.57. The topological polar surface area (TPSA) is 46.6 Å². The molecule has 6 heteroatoms. The second-order valence-corrected chi connectivity index (χ2v) is 6.43. The Morgan fingerprint density at radius 2 is 1.92 bits per heavy atom. The quantitative estimate of drug-likeness (QED) is 0.324. The van der Waals surface area contributed by atoms with E-state index in [1.807, 2.05) is 0 Å². The van der Waals surface area contributed by atoms with E-state index in [0.717, 1.165) is 24.8 Å². The lowest BCUT2D eigenvalue weighted by atomic mass is 10.2. The van der Waals surface area contributed by atoms with Crippen molar-refractivity contribution in [3.05, 3.63) is 39.9 Å². The van der Waals surface area contributed by atoms with Gasteiger partial charge in [-0.1, -0.05) is 49.0 Å². The fourth-order valence-corrected chi connectivity index (χ4v) is 2.72. The highest BCUT2D eigenvalue weighted by Gasteiger charge is 2.13. The van der Waals surface area contributed by atoms with Gasteiger partial charge < -0.3 is 9.64 Å². The highest BCUT2D eigenvalue weighted by atomic mass is 35.5. The molecule has 0 unspecified atom stereocenters. The minimum atomic E-state index is -0.291. The van der Waals surface area contributed by atoms with Crippen LogP contribution in [0.5, 0.6) is 0 Å². The number of ether oxygens (including phenoxy) is 1. The molecule has 0 aromatic heterocycles. The number of halogens is 2. The fourth-order valence-electron chi connectivity index (χ4n) is 2.25. The van der Waals surface area contributed by atoms with Crippen LogP contribution in [-0.2, 0) is 14.3 Å². The van der Waals surface area contributed by atoms with Gasteiger partial charge in [-0.2, -0.15) is 0 Å². The van der Waals surface area contributed by atoms with Gasteiger partial charge in [-0.15, -0.1) is 0 Å². The summed E-state index contributed by atoms with van der Waals surface area (Å²) in [6.07, 6.45) is 6.35. The van der Waals surface area contributed by atoms with Gasteiger partial charge in [-0.05, 0) is 37.1 Å². The van der Waals surface area contributed by atoms with Crippen molar-refractivity contribution in [3.63, 3.8) is 0 Å². The van der Waals surface area contributed by atoms with E-state index in [1.165, 1.54) is 6.08 Å². The summed E-state index contributed by atoms with van der Waals surface area (Å²) in [4.78, 5) is 25.7. The van der Waals surface area contributed by atoms with Crippen LogP contribution < -0.4 is 0 Å². The van der Waals surface area contributed by atoms with Gasteiger partial charge in [0, 0.05) is 29.2 Å². The Bertz CT molecular complexity index is 602. The van der Waals surface area contributed by atoms with Gasteiger partial charge >= 0.3 is 5.97 Å². The summed E-state index contributed by atoms with van der Waals surface area (Å²) in [7, 11) is 0. The molecule has 1 aromatic carbocycles. The van der Waals surface area contributed by atoms with Crippen LogP contribution in [0.2, 0.25) is 10.0 Å². The maximum absolute atomic E-state index is 12.5. The molecule has 0 radical (unpaired) electrons. The lowest BCUT2D eigenvalue weighted by molar-refractivity contribution is -0.143. The summed E-state index contributed by atoms with van der Waals surface area (Å²) in [5, 5.41) is 1.03. The van der Waals surface area contributed by atoms with Crippen molar-refractivity contribution in [2.75, 3.05) is 19.7 Å². The van der Waals surface area contributed by atoms with E-state index in [1.54, 1.807) is 36.1 Å². The van der Waals surface area contributed by atoms with Gasteiger partial charge in [0.1, 0.15) is 0 Å². The first-order valence-corrected chi connectivity index (χ1v) is 9.31. The Hall–Kier alpha value is -1.52. The van der Waals surface area contributed by atoms with Gasteiger partial charge in [0.2, 0.25) is 5.91 Å². The van der Waals surface area contributed by atoms with Crippen LogP contribution in [0.1, 0.15) is 45.1 Å². The zero-order valence-corrected chi connectivity index (χ0v) is 16.3. The number of hydrogen-bond acceptors (Lipinski definition) is 3. The maximum atomic E-state index is 12.5. The van der Waals surface area contributed by atoms with Crippen LogP contribution in [0, 0.1) is 0 Å². The normalized spacial score (nSPS) is 10.9. The number of carbonyl (C=O) groups is 2. The lowest BCUT2D eigenvalue weighted by Gasteiger charge is -2.20. The molecule has 0 aliphatic rings. The van der Waals surface area contributed by atoms with Crippen molar-refractivity contribution < 1.29 is 14.3 Å². The van der Waals surface area contributed by atoms with Gasteiger partial charge in [0.05, 0.1) is 13.0 Å². The van der Waals surface area contributed by atoms with E-state index in [2.05, 4.69) is 6.92 Å². The predicted octanol–water partition coefficient (Wildman–Crippen LogP) is 4.98. The molecular weight excluding hydrogens is 361 g/mol. The summed E-state index contributed by atoms with van der Waals surface area (Å²) in [5.41, 5.74) is 0.721. The van der Waals surface area contributed by atoms with Crippen molar-refractivity contribution in [2.45, 2.75) is 39.5 Å². The van der Waals surface area contributed by atoms with Crippen molar-refractivity contribution in [2.24, 2.45) is 0 Å². The largest absolute Gasteiger partial charge is 0.466 e. The monoisotopic (exact) mass is 385 g/mol. The molecule has 0 fully saturated rings. The first kappa shape index (κ1) is 21.5. The third kappa shape index (κ3) is 8.41. The van der Waals surface area contributed by atoms with Crippen molar-refractivity contribution in [3.8, 4) is 0 Å². The number of unbranched alkanes of at least 4 members (excludes halogenated alkanes) is 2. The second-order valence-electron chi connectivity index (χ2n) is 5.59. The highest BCUT2D eigenvalue weighted by molar-refractivity contribution is 6.35. The Labute approximate surface area is 159 Å². The summed E-state index contributed by atoms with van der Waals surface area (Å²) < 4.78 is 4.93. The second kappa shape index (κ2) is 11.9. The van der Waals surface area contributed by atoms with E-state index in [-0.39, 0.29) is 18.3 Å². The first-order valence-electron chi connectivity index (χ1n) is 8.55. The first-order chi connectivity index (χ1) is 12.0. The Kier molecular flexibility index (Phi) is 10.3. The Balaban J connectivity index is 2.72. The minimum Gasteiger partial charge on any atom is -0.466 e. The molecule has 4 nitrogen and oxygen atoms in total. The molecule has 0 saturated heterocycles. The average molecular weight is 386 g/mol. The third-order valence-electron chi connectivity index (χ3n) is 3.60. The van der Waals surface area contributed by atoms with Crippen LogP contribution >= 0.6 is 23.2 Å². The van der Waals surface area contributed by atoms with Crippen LogP contribution in [0.25, 0.3) is 6.08 Å². The van der Waals surface area contributed by atoms with Crippen LogP contribution in [0.3, 0.4) is 0 Å². The molecule has 0 saturated carbocycles. The molecule has 0 heterocycles. The van der Waals surface area contributed by atoms with Gasteiger partial charge in [-0.25, -0.2) is 0 Å². The smallest absolute Gasteiger partial charge is 0.307 e. The number of rotatable bonds is 10. The molecule has 1 aromatic rings. The lowest BCUT2D eigenvalue weighted by Crippen LogP contribution is -2.33. The van der Waals surface area contributed by atoms with E-state index in [4.69, 9.17) is 27.9 Å². The molecule has 0 N–H and O–H groups in total. The third-order valence-corrected chi connectivity index (χ3v) is 4.16. The number of benzene rings is 1. The van der Waals surface area contributed by atoms with Gasteiger partial charge in [0.25, 0.3) is 0 Å². The Morgan fingerprint density at radius 1 is 1.16 bits per heavy atom. The molecule has 138 valence electrons. The molecule has 1 rings (SSSR count). The van der Waals surface area contributed by atoms with Crippen molar-refractivity contribution in [1.29, 1.82) is 0 Å². The molecule has 0 spiro atoms. The summed E-state index contributed by atoms with van der Waals surface area (Å²) in [6.45, 7) is 5.18. The zero-order chi connectivity index (χ0) is 18.7. The molecular formula is C19H25Cl2NO3. The minimum absolute atomic E-state index is 0.147. The summed E-state index contributed by atoms with van der Waals surface area (Å²) in [6, 6.07) is 5.11. The summed E-state index contributed by atoms with van der Waals surface area (Å²) >= 11 is 12.0. The van der Waals surface area contributed by atoms with Crippen LogP contribution in [0.15, 0.2) is 24.3 Å². The van der Waals surface area contributed by atoms with Crippen molar-refractivity contribution >= 4 is 41.2 Å². The molecule has 1 amide bonds. The van der Waals surface area contributed by atoms with Gasteiger partial charge in [0.15, 0.2) is 0 Å². The number of esters is 1. The number of carbonyl (C=O) groups excluding carboxylic acids is 2. The molecule has 0 aliphatic heterocycles. The van der Waals surface area contributed by atoms with E-state index >= 15 is 0 Å². The van der Waals surface area contributed by atoms with Crippen LogP contribution in [0.4, 0.5) is 0 Å². The van der Waals surface area contributed by atoms with Crippen molar-refractivity contribution in [1.82, 2.24) is 4.90 Å². The number of hydrogen-bond donors (Lipinski definition) is 0. The zero-order valence-electron chi connectivity index (χ0n) is 14.8. The van der Waals surface area contributed by atoms with E-state index < -0.39 is 0 Å². The fraction of sp³-hybridized carbons (Fsp3) is 0.474. The number of amides is 1.